The summed E-state index contributed by atoms with van der Waals surface area (Å²) in [5.74, 6) is -0.802. The molecule has 0 aliphatic heterocycles. The molecule has 0 radical (unpaired) electrons. The second-order valence-electron chi connectivity index (χ2n) is 3.56. The molecule has 90 valence electrons. The maximum atomic E-state index is 11.9. The van der Waals surface area contributed by atoms with Crippen LogP contribution in [0.1, 0.15) is 19.3 Å². The fourth-order valence-electron chi connectivity index (χ4n) is 1.20. The van der Waals surface area contributed by atoms with E-state index in [4.69, 9.17) is 5.73 Å². The van der Waals surface area contributed by atoms with Crippen LogP contribution in [-0.2, 0) is 4.79 Å². The number of halogens is 4. The lowest BCUT2D eigenvalue weighted by atomic mass is 9.85. The van der Waals surface area contributed by atoms with Crippen molar-refractivity contribution in [2.75, 3.05) is 6.54 Å². The molecule has 0 heterocycles. The maximum Gasteiger partial charge on any atom is 0.412 e. The molecule has 0 aromatic rings. The molecule has 3 nitrogen and oxygen atoms in total. The van der Waals surface area contributed by atoms with Gasteiger partial charge in [0.25, 0.3) is 0 Å². The molecule has 7 heteroatoms. The number of rotatable bonds is 3. The van der Waals surface area contributed by atoms with Gasteiger partial charge < -0.3 is 11.1 Å². The van der Waals surface area contributed by atoms with E-state index in [1.54, 1.807) is 0 Å². The Labute approximate surface area is 92.0 Å². The topological polar surface area (TPSA) is 55.1 Å². The van der Waals surface area contributed by atoms with Gasteiger partial charge in [0.1, 0.15) is 0 Å². The Bertz CT molecular complexity index is 218. The monoisotopic (exact) mass is 246 g/mol. The zero-order valence-electron chi connectivity index (χ0n) is 8.01. The normalized spacial score (nSPS) is 18.7. The molecule has 1 rings (SSSR count). The van der Waals surface area contributed by atoms with Crippen molar-refractivity contribution in [3.8, 4) is 0 Å². The van der Waals surface area contributed by atoms with Crippen molar-refractivity contribution in [1.82, 2.24) is 5.32 Å². The first kappa shape index (κ1) is 14.5. The summed E-state index contributed by atoms with van der Waals surface area (Å²) in [5.41, 5.74) is 4.70. The standard InChI is InChI=1S/C8H13F3N2O.ClH/c9-8(10,11)6(12)7(14)13-4-5-2-1-3-5;/h5-6H,1-4,12H2,(H,13,14);1H. The predicted octanol–water partition coefficient (Wildman–Crippen LogP) is 1.21. The Morgan fingerprint density at radius 1 is 1.47 bits per heavy atom. The summed E-state index contributed by atoms with van der Waals surface area (Å²) in [4.78, 5) is 10.9. The van der Waals surface area contributed by atoms with E-state index >= 15 is 0 Å². The number of nitrogens with two attached hydrogens (primary N) is 1. The van der Waals surface area contributed by atoms with Crippen LogP contribution in [0.25, 0.3) is 0 Å². The highest BCUT2D eigenvalue weighted by molar-refractivity contribution is 5.85. The Kier molecular flexibility index (Phi) is 5.37. The third kappa shape index (κ3) is 4.25. The van der Waals surface area contributed by atoms with Gasteiger partial charge in [-0.15, -0.1) is 12.4 Å². The fourth-order valence-corrected chi connectivity index (χ4v) is 1.20. The molecule has 1 unspecified atom stereocenters. The van der Waals surface area contributed by atoms with E-state index in [1.807, 2.05) is 0 Å². The molecule has 0 spiro atoms. The summed E-state index contributed by atoms with van der Waals surface area (Å²) in [6.45, 7) is 0.308. The quantitative estimate of drug-likeness (QED) is 0.787. The summed E-state index contributed by atoms with van der Waals surface area (Å²) in [6.07, 6.45) is -1.61. The fraction of sp³-hybridized carbons (Fsp3) is 0.875. The highest BCUT2D eigenvalue weighted by Crippen LogP contribution is 2.25. The molecule has 0 bridgehead atoms. The number of hydrogen-bond acceptors (Lipinski definition) is 2. The van der Waals surface area contributed by atoms with Gasteiger partial charge in [0.05, 0.1) is 0 Å². The predicted molar refractivity (Wildman–Crippen MR) is 51.6 cm³/mol. The summed E-state index contributed by atoms with van der Waals surface area (Å²) in [6, 6.07) is -2.40. The third-order valence-electron chi connectivity index (χ3n) is 2.42. The molecular formula is C8H14ClF3N2O. The van der Waals surface area contributed by atoms with Gasteiger partial charge in [-0.1, -0.05) is 6.42 Å². The Morgan fingerprint density at radius 3 is 2.33 bits per heavy atom. The molecule has 1 saturated carbocycles. The summed E-state index contributed by atoms with van der Waals surface area (Å²) in [5, 5.41) is 2.21. The molecule has 0 aromatic carbocycles. The second kappa shape index (κ2) is 5.55. The molecule has 15 heavy (non-hydrogen) atoms. The number of amides is 1. The molecule has 1 aliphatic carbocycles. The van der Waals surface area contributed by atoms with Gasteiger partial charge in [-0.05, 0) is 18.8 Å². The molecule has 0 saturated heterocycles. The van der Waals surface area contributed by atoms with Crippen molar-refractivity contribution < 1.29 is 18.0 Å². The van der Waals surface area contributed by atoms with Crippen LogP contribution in [-0.4, -0.2) is 24.7 Å². The average Bonchev–Trinajstić information content (AvgIpc) is 1.98. The summed E-state index contributed by atoms with van der Waals surface area (Å²) in [7, 11) is 0. The van der Waals surface area contributed by atoms with E-state index in [0.29, 0.717) is 12.5 Å². The van der Waals surface area contributed by atoms with Crippen LogP contribution in [0.2, 0.25) is 0 Å². The van der Waals surface area contributed by atoms with E-state index in [2.05, 4.69) is 5.32 Å². The van der Waals surface area contributed by atoms with Gasteiger partial charge in [0.15, 0.2) is 6.04 Å². The molecule has 1 aliphatic rings. The minimum atomic E-state index is -4.65. The van der Waals surface area contributed by atoms with Gasteiger partial charge in [-0.3, -0.25) is 4.79 Å². The maximum absolute atomic E-state index is 11.9. The van der Waals surface area contributed by atoms with Crippen molar-refractivity contribution in [3.05, 3.63) is 0 Å². The Balaban J connectivity index is 0.00000196. The van der Waals surface area contributed by atoms with Crippen molar-refractivity contribution in [1.29, 1.82) is 0 Å². The first-order chi connectivity index (χ1) is 6.41. The summed E-state index contributed by atoms with van der Waals surface area (Å²) >= 11 is 0. The van der Waals surface area contributed by atoms with Crippen molar-refractivity contribution in [3.63, 3.8) is 0 Å². The second-order valence-corrected chi connectivity index (χ2v) is 3.56. The van der Waals surface area contributed by atoms with E-state index in [9.17, 15) is 18.0 Å². The van der Waals surface area contributed by atoms with Crippen LogP contribution >= 0.6 is 12.4 Å². The zero-order valence-corrected chi connectivity index (χ0v) is 8.83. The van der Waals surface area contributed by atoms with Gasteiger partial charge in [0, 0.05) is 6.54 Å². The van der Waals surface area contributed by atoms with Crippen LogP contribution in [0.15, 0.2) is 0 Å². The Morgan fingerprint density at radius 2 is 2.00 bits per heavy atom. The first-order valence-electron chi connectivity index (χ1n) is 4.51. The highest BCUT2D eigenvalue weighted by Gasteiger charge is 2.42. The molecule has 0 aromatic heterocycles. The Hall–Kier alpha value is -0.490. The van der Waals surface area contributed by atoms with Crippen molar-refractivity contribution in [2.24, 2.45) is 11.7 Å². The minimum absolute atomic E-state index is 0. The van der Waals surface area contributed by atoms with Crippen molar-refractivity contribution in [2.45, 2.75) is 31.5 Å². The number of carbonyl (C=O) groups excluding carboxylic acids is 1. The molecule has 3 N–H and O–H groups in total. The molecule has 1 atom stereocenters. The lowest BCUT2D eigenvalue weighted by Crippen LogP contribution is -2.51. The zero-order chi connectivity index (χ0) is 10.8. The van der Waals surface area contributed by atoms with E-state index in [0.717, 1.165) is 19.3 Å². The highest BCUT2D eigenvalue weighted by atomic mass is 35.5. The van der Waals surface area contributed by atoms with E-state index < -0.39 is 18.1 Å². The van der Waals surface area contributed by atoms with Gasteiger partial charge in [-0.2, -0.15) is 13.2 Å². The van der Waals surface area contributed by atoms with Crippen LogP contribution < -0.4 is 11.1 Å². The lowest BCUT2D eigenvalue weighted by Gasteiger charge is -2.26. The van der Waals surface area contributed by atoms with Crippen LogP contribution in [0, 0.1) is 5.92 Å². The smallest absolute Gasteiger partial charge is 0.354 e. The summed E-state index contributed by atoms with van der Waals surface area (Å²) < 4.78 is 35.8. The van der Waals surface area contributed by atoms with Gasteiger partial charge in [-0.25, -0.2) is 0 Å². The van der Waals surface area contributed by atoms with Crippen LogP contribution in [0.3, 0.4) is 0 Å². The number of alkyl halides is 3. The van der Waals surface area contributed by atoms with Crippen LogP contribution in [0.4, 0.5) is 13.2 Å². The number of hydrogen-bond donors (Lipinski definition) is 2. The molecule has 1 amide bonds. The largest absolute Gasteiger partial charge is 0.412 e. The molecule has 1 fully saturated rings. The number of carbonyl (C=O) groups is 1. The average molecular weight is 247 g/mol. The SMILES string of the molecule is Cl.NC(C(=O)NCC1CCC1)C(F)(F)F. The number of nitrogens with one attached hydrogen (secondary N) is 1. The lowest BCUT2D eigenvalue weighted by molar-refractivity contribution is -0.163. The van der Waals surface area contributed by atoms with Crippen LogP contribution in [0.5, 0.6) is 0 Å². The third-order valence-corrected chi connectivity index (χ3v) is 2.42. The van der Waals surface area contributed by atoms with E-state index in [1.165, 1.54) is 0 Å². The first-order valence-corrected chi connectivity index (χ1v) is 4.51. The van der Waals surface area contributed by atoms with Gasteiger partial charge >= 0.3 is 6.18 Å². The van der Waals surface area contributed by atoms with Crippen molar-refractivity contribution >= 4 is 18.3 Å². The van der Waals surface area contributed by atoms with Gasteiger partial charge in [0.2, 0.25) is 5.91 Å². The minimum Gasteiger partial charge on any atom is -0.354 e. The van der Waals surface area contributed by atoms with E-state index in [-0.39, 0.29) is 12.4 Å². The molecular weight excluding hydrogens is 233 g/mol.